The zero-order valence-electron chi connectivity index (χ0n) is 21.3. The standard InChI is InChI=1S/C28H34FN5O2/c1-32(2)27(35)18-33-12-9-21(10-13-33)34-14-7-19(8-15-34)25-17-24-22(6-11-30-28(24)31-25)23-16-20(29)4-5-26(23)36-3/h4-7,11,16-17,21H,8-10,12-15,18H2,1-3H3,(H,30,31). The minimum Gasteiger partial charge on any atom is -0.496 e. The van der Waals surface area contributed by atoms with Gasteiger partial charge in [-0.3, -0.25) is 14.6 Å². The first-order valence-corrected chi connectivity index (χ1v) is 12.6. The van der Waals surface area contributed by atoms with E-state index in [-0.39, 0.29) is 11.7 Å². The molecule has 2 aliphatic rings. The zero-order valence-corrected chi connectivity index (χ0v) is 21.3. The van der Waals surface area contributed by atoms with Crippen molar-refractivity contribution in [2.24, 2.45) is 0 Å². The van der Waals surface area contributed by atoms with Crippen LogP contribution in [0.4, 0.5) is 4.39 Å². The summed E-state index contributed by atoms with van der Waals surface area (Å²) >= 11 is 0. The Hall–Kier alpha value is -3.23. The fourth-order valence-corrected chi connectivity index (χ4v) is 5.36. The highest BCUT2D eigenvalue weighted by Crippen LogP contribution is 2.36. The molecule has 1 aromatic carbocycles. The number of benzene rings is 1. The minimum absolute atomic E-state index is 0.172. The molecular formula is C28H34FN5O2. The largest absolute Gasteiger partial charge is 0.496 e. The molecule has 36 heavy (non-hydrogen) atoms. The number of carbonyl (C=O) groups excluding carboxylic acids is 1. The number of halogens is 1. The molecule has 2 aromatic heterocycles. The molecule has 1 fully saturated rings. The van der Waals surface area contributed by atoms with E-state index < -0.39 is 0 Å². The van der Waals surface area contributed by atoms with Gasteiger partial charge in [0.2, 0.25) is 5.91 Å². The van der Waals surface area contributed by atoms with E-state index in [0.29, 0.717) is 18.3 Å². The smallest absolute Gasteiger partial charge is 0.236 e. The molecule has 0 unspecified atom stereocenters. The lowest BCUT2D eigenvalue weighted by atomic mass is 9.98. The van der Waals surface area contributed by atoms with Gasteiger partial charge in [-0.2, -0.15) is 0 Å². The Morgan fingerprint density at radius 1 is 1.17 bits per heavy atom. The van der Waals surface area contributed by atoms with Gasteiger partial charge >= 0.3 is 0 Å². The van der Waals surface area contributed by atoms with Crippen molar-refractivity contribution in [3.05, 3.63) is 54.1 Å². The minimum atomic E-state index is -0.295. The van der Waals surface area contributed by atoms with Gasteiger partial charge in [0.25, 0.3) is 0 Å². The Labute approximate surface area is 211 Å². The average Bonchev–Trinajstić information content (AvgIpc) is 3.34. The third kappa shape index (κ3) is 5.01. The van der Waals surface area contributed by atoms with Gasteiger partial charge in [-0.25, -0.2) is 9.37 Å². The van der Waals surface area contributed by atoms with Crippen LogP contribution >= 0.6 is 0 Å². The van der Waals surface area contributed by atoms with Crippen LogP contribution in [0.25, 0.3) is 27.7 Å². The summed E-state index contributed by atoms with van der Waals surface area (Å²) in [5, 5.41) is 0.958. The number of nitrogens with one attached hydrogen (secondary N) is 1. The van der Waals surface area contributed by atoms with E-state index in [0.717, 1.165) is 73.3 Å². The summed E-state index contributed by atoms with van der Waals surface area (Å²) in [5.41, 5.74) is 4.76. The fourth-order valence-electron chi connectivity index (χ4n) is 5.36. The highest BCUT2D eigenvalue weighted by atomic mass is 19.1. The number of likely N-dealkylation sites (N-methyl/N-ethyl adjacent to an activating group) is 1. The Balaban J connectivity index is 1.29. The topological polar surface area (TPSA) is 64.7 Å². The summed E-state index contributed by atoms with van der Waals surface area (Å²) in [4.78, 5) is 26.5. The lowest BCUT2D eigenvalue weighted by Crippen LogP contribution is -2.48. The van der Waals surface area contributed by atoms with E-state index in [9.17, 15) is 9.18 Å². The molecule has 0 radical (unpaired) electrons. The van der Waals surface area contributed by atoms with Crippen LogP contribution in [0.2, 0.25) is 0 Å². The number of hydrogen-bond acceptors (Lipinski definition) is 5. The number of ether oxygens (including phenoxy) is 1. The van der Waals surface area contributed by atoms with E-state index in [4.69, 9.17) is 4.74 Å². The number of aromatic amines is 1. The predicted octanol–water partition coefficient (Wildman–Crippen LogP) is 4.02. The van der Waals surface area contributed by atoms with Gasteiger partial charge in [-0.15, -0.1) is 0 Å². The van der Waals surface area contributed by atoms with Crippen molar-refractivity contribution in [2.75, 3.05) is 53.9 Å². The van der Waals surface area contributed by atoms with Gasteiger partial charge < -0.3 is 14.6 Å². The summed E-state index contributed by atoms with van der Waals surface area (Å²) < 4.78 is 19.5. The molecule has 3 aromatic rings. The normalized spacial score (nSPS) is 17.8. The van der Waals surface area contributed by atoms with Gasteiger partial charge in [-0.05, 0) is 60.7 Å². The van der Waals surface area contributed by atoms with Crippen molar-refractivity contribution in [1.82, 2.24) is 24.7 Å². The van der Waals surface area contributed by atoms with Gasteiger partial charge in [0.1, 0.15) is 17.2 Å². The highest BCUT2D eigenvalue weighted by Gasteiger charge is 2.27. The van der Waals surface area contributed by atoms with Crippen molar-refractivity contribution in [3.63, 3.8) is 0 Å². The molecule has 4 heterocycles. The molecule has 8 heteroatoms. The van der Waals surface area contributed by atoms with Crippen molar-refractivity contribution in [2.45, 2.75) is 25.3 Å². The van der Waals surface area contributed by atoms with E-state index >= 15 is 0 Å². The van der Waals surface area contributed by atoms with E-state index in [1.165, 1.54) is 17.7 Å². The summed E-state index contributed by atoms with van der Waals surface area (Å²) in [5.74, 6) is 0.513. The number of nitrogens with zero attached hydrogens (tertiary/aromatic N) is 4. The van der Waals surface area contributed by atoms with Gasteiger partial charge in [-0.1, -0.05) is 6.08 Å². The summed E-state index contributed by atoms with van der Waals surface area (Å²) in [6.07, 6.45) is 7.22. The Morgan fingerprint density at radius 3 is 2.67 bits per heavy atom. The predicted molar refractivity (Wildman–Crippen MR) is 140 cm³/mol. The van der Waals surface area contributed by atoms with Crippen molar-refractivity contribution >= 4 is 22.5 Å². The van der Waals surface area contributed by atoms with Crippen LogP contribution in [0, 0.1) is 5.82 Å². The number of carbonyl (C=O) groups is 1. The lowest BCUT2D eigenvalue weighted by Gasteiger charge is -2.39. The second-order valence-corrected chi connectivity index (χ2v) is 9.92. The number of methoxy groups -OCH3 is 1. The van der Waals surface area contributed by atoms with Gasteiger partial charge in [0, 0.05) is 69.2 Å². The molecule has 1 amide bonds. The first-order chi connectivity index (χ1) is 17.4. The van der Waals surface area contributed by atoms with Gasteiger partial charge in [0.05, 0.1) is 13.7 Å². The third-order valence-corrected chi connectivity index (χ3v) is 7.50. The zero-order chi connectivity index (χ0) is 25.2. The van der Waals surface area contributed by atoms with Crippen LogP contribution < -0.4 is 4.74 Å². The molecule has 0 bridgehead atoms. The summed E-state index contributed by atoms with van der Waals surface area (Å²) in [7, 11) is 5.23. The molecule has 1 saturated heterocycles. The average molecular weight is 492 g/mol. The van der Waals surface area contributed by atoms with Crippen LogP contribution in [0.15, 0.2) is 42.6 Å². The second kappa shape index (κ2) is 10.4. The molecule has 1 N–H and O–H groups in total. The van der Waals surface area contributed by atoms with Crippen molar-refractivity contribution < 1.29 is 13.9 Å². The number of hydrogen-bond donors (Lipinski definition) is 1. The van der Waals surface area contributed by atoms with E-state index in [2.05, 4.69) is 31.9 Å². The first kappa shape index (κ1) is 24.5. The van der Waals surface area contributed by atoms with Crippen LogP contribution in [0.1, 0.15) is 25.0 Å². The lowest BCUT2D eigenvalue weighted by molar-refractivity contribution is -0.130. The van der Waals surface area contributed by atoms with E-state index in [1.54, 1.807) is 24.3 Å². The summed E-state index contributed by atoms with van der Waals surface area (Å²) in [6, 6.07) is 9.18. The van der Waals surface area contributed by atoms with Crippen LogP contribution in [-0.2, 0) is 4.79 Å². The molecule has 0 spiro atoms. The SMILES string of the molecule is COc1ccc(F)cc1-c1ccnc2[nH]c(C3=CCN(C4CCN(CC(=O)N(C)C)CC4)CC3)cc12. The van der Waals surface area contributed by atoms with Gasteiger partial charge in [0.15, 0.2) is 0 Å². The van der Waals surface area contributed by atoms with Crippen LogP contribution in [0.5, 0.6) is 5.75 Å². The third-order valence-electron chi connectivity index (χ3n) is 7.50. The summed E-state index contributed by atoms with van der Waals surface area (Å²) in [6.45, 7) is 4.39. The first-order valence-electron chi connectivity index (χ1n) is 12.6. The maximum atomic E-state index is 14.1. The molecule has 0 aliphatic carbocycles. The molecule has 5 rings (SSSR count). The number of amides is 1. The fraction of sp³-hybridized carbons (Fsp3) is 0.429. The quantitative estimate of drug-likeness (QED) is 0.564. The van der Waals surface area contributed by atoms with Crippen LogP contribution in [-0.4, -0.2) is 90.5 Å². The van der Waals surface area contributed by atoms with E-state index in [1.807, 2.05) is 20.2 Å². The highest BCUT2D eigenvalue weighted by molar-refractivity contribution is 5.96. The number of H-pyrrole nitrogens is 1. The Morgan fingerprint density at radius 2 is 1.97 bits per heavy atom. The molecule has 190 valence electrons. The Kier molecular flexibility index (Phi) is 7.07. The van der Waals surface area contributed by atoms with Crippen LogP contribution in [0.3, 0.4) is 0 Å². The Bertz CT molecular complexity index is 1280. The molecule has 2 aliphatic heterocycles. The molecular weight excluding hydrogens is 457 g/mol. The number of piperidine rings is 1. The molecule has 0 saturated carbocycles. The monoisotopic (exact) mass is 491 g/mol. The maximum absolute atomic E-state index is 14.1. The van der Waals surface area contributed by atoms with Crippen molar-refractivity contribution in [1.29, 1.82) is 0 Å². The number of pyridine rings is 1. The van der Waals surface area contributed by atoms with Crippen molar-refractivity contribution in [3.8, 4) is 16.9 Å². The number of fused-ring (bicyclic) bond motifs is 1. The number of rotatable bonds is 6. The molecule has 7 nitrogen and oxygen atoms in total. The maximum Gasteiger partial charge on any atom is 0.236 e. The second-order valence-electron chi connectivity index (χ2n) is 9.92. The number of likely N-dealkylation sites (tertiary alicyclic amines) is 1. The molecule has 0 atom stereocenters. The number of aromatic nitrogens is 2.